The van der Waals surface area contributed by atoms with Crippen molar-refractivity contribution >= 4 is 17.5 Å². The summed E-state index contributed by atoms with van der Waals surface area (Å²) in [4.78, 5) is 17.9. The maximum Gasteiger partial charge on any atom is 0.356 e. The third kappa shape index (κ3) is 2.57. The molecule has 1 aromatic heterocycles. The van der Waals surface area contributed by atoms with Crippen LogP contribution in [0, 0.1) is 11.6 Å². The Morgan fingerprint density at radius 2 is 1.94 bits per heavy atom. The first-order valence-corrected chi connectivity index (χ1v) is 4.83. The number of nitrogens with zero attached hydrogens (tertiary/aromatic N) is 2. The van der Waals surface area contributed by atoms with E-state index in [1.807, 2.05) is 0 Å². The number of rotatable bonds is 3. The number of carboxylic acids is 1. The molecule has 0 aliphatic carbocycles. The van der Waals surface area contributed by atoms with Crippen LogP contribution in [0.25, 0.3) is 0 Å². The highest BCUT2D eigenvalue weighted by atomic mass is 19.2. The molecule has 2 N–H and O–H groups in total. The van der Waals surface area contributed by atoms with Gasteiger partial charge in [0, 0.05) is 11.8 Å². The van der Waals surface area contributed by atoms with Crippen molar-refractivity contribution in [2.75, 3.05) is 5.32 Å². The van der Waals surface area contributed by atoms with Crippen LogP contribution in [0.5, 0.6) is 0 Å². The number of carboxylic acid groups (broad SMARTS) is 1. The Morgan fingerprint density at radius 3 is 2.50 bits per heavy atom. The summed E-state index contributed by atoms with van der Waals surface area (Å²) in [6.07, 6.45) is 2.25. The molecular weight excluding hydrogens is 244 g/mol. The van der Waals surface area contributed by atoms with Gasteiger partial charge in [-0.05, 0) is 12.1 Å². The molecule has 0 aliphatic heterocycles. The first-order chi connectivity index (χ1) is 8.56. The second kappa shape index (κ2) is 4.74. The number of aromatic nitrogens is 2. The lowest BCUT2D eigenvalue weighted by Gasteiger charge is -2.05. The molecule has 0 radical (unpaired) electrons. The molecule has 92 valence electrons. The van der Waals surface area contributed by atoms with Crippen LogP contribution >= 0.6 is 0 Å². The summed E-state index contributed by atoms with van der Waals surface area (Å²) in [6, 6.07) is 3.25. The highest BCUT2D eigenvalue weighted by Gasteiger charge is 2.06. The zero-order chi connectivity index (χ0) is 13.1. The van der Waals surface area contributed by atoms with Crippen LogP contribution in [0.3, 0.4) is 0 Å². The molecule has 7 heteroatoms. The van der Waals surface area contributed by atoms with Crippen LogP contribution in [-0.2, 0) is 0 Å². The summed E-state index contributed by atoms with van der Waals surface area (Å²) < 4.78 is 25.6. The molecule has 0 unspecified atom stereocenters. The minimum atomic E-state index is -1.19. The number of nitrogens with one attached hydrogen (secondary N) is 1. The number of anilines is 2. The monoisotopic (exact) mass is 251 g/mol. The fourth-order valence-electron chi connectivity index (χ4n) is 1.22. The Kier molecular flexibility index (Phi) is 3.13. The highest BCUT2D eigenvalue weighted by Crippen LogP contribution is 2.16. The molecule has 1 heterocycles. The van der Waals surface area contributed by atoms with E-state index < -0.39 is 17.6 Å². The Hall–Kier alpha value is -2.57. The quantitative estimate of drug-likeness (QED) is 0.874. The Balaban J connectivity index is 2.18. The molecule has 0 amide bonds. The summed E-state index contributed by atoms with van der Waals surface area (Å²) in [7, 11) is 0. The van der Waals surface area contributed by atoms with Gasteiger partial charge in [0.15, 0.2) is 17.3 Å². The molecule has 0 atom stereocenters. The van der Waals surface area contributed by atoms with Crippen molar-refractivity contribution in [3.8, 4) is 0 Å². The van der Waals surface area contributed by atoms with Gasteiger partial charge in [-0.15, -0.1) is 0 Å². The highest BCUT2D eigenvalue weighted by molar-refractivity contribution is 5.85. The van der Waals surface area contributed by atoms with Crippen LogP contribution in [-0.4, -0.2) is 21.0 Å². The van der Waals surface area contributed by atoms with Gasteiger partial charge >= 0.3 is 5.97 Å². The van der Waals surface area contributed by atoms with Gasteiger partial charge in [-0.3, -0.25) is 0 Å². The number of aromatic carboxylic acids is 1. The molecular formula is C11H7F2N3O2. The third-order valence-corrected chi connectivity index (χ3v) is 2.06. The van der Waals surface area contributed by atoms with Crippen LogP contribution in [0.1, 0.15) is 10.5 Å². The van der Waals surface area contributed by atoms with Gasteiger partial charge < -0.3 is 10.4 Å². The average Bonchev–Trinajstić information content (AvgIpc) is 2.34. The maximum absolute atomic E-state index is 12.9. The standard InChI is InChI=1S/C11H7F2N3O2/c12-7-2-1-6(3-8(7)13)16-10-5-14-9(4-15-10)11(17)18/h1-5H,(H,15,16)(H,17,18). The zero-order valence-corrected chi connectivity index (χ0v) is 8.89. The first kappa shape index (κ1) is 11.9. The van der Waals surface area contributed by atoms with E-state index in [1.165, 1.54) is 12.3 Å². The largest absolute Gasteiger partial charge is 0.476 e. The van der Waals surface area contributed by atoms with Gasteiger partial charge in [0.05, 0.1) is 12.4 Å². The third-order valence-electron chi connectivity index (χ3n) is 2.06. The zero-order valence-electron chi connectivity index (χ0n) is 8.89. The smallest absolute Gasteiger partial charge is 0.356 e. The normalized spacial score (nSPS) is 10.1. The molecule has 0 saturated heterocycles. The number of halogens is 2. The lowest BCUT2D eigenvalue weighted by atomic mass is 10.3. The van der Waals surface area contributed by atoms with Crippen molar-refractivity contribution in [3.05, 3.63) is 47.9 Å². The van der Waals surface area contributed by atoms with Crippen LogP contribution in [0.4, 0.5) is 20.3 Å². The molecule has 0 saturated carbocycles. The first-order valence-electron chi connectivity index (χ1n) is 4.83. The van der Waals surface area contributed by atoms with E-state index in [1.54, 1.807) is 0 Å². The van der Waals surface area contributed by atoms with Crippen molar-refractivity contribution in [2.45, 2.75) is 0 Å². The van der Waals surface area contributed by atoms with Crippen LogP contribution < -0.4 is 5.32 Å². The summed E-state index contributed by atoms with van der Waals surface area (Å²) >= 11 is 0. The van der Waals surface area contributed by atoms with Crippen molar-refractivity contribution in [2.24, 2.45) is 0 Å². The Morgan fingerprint density at radius 1 is 1.17 bits per heavy atom. The molecule has 0 spiro atoms. The van der Waals surface area contributed by atoms with E-state index in [0.717, 1.165) is 18.3 Å². The fraction of sp³-hybridized carbons (Fsp3) is 0. The predicted molar refractivity (Wildman–Crippen MR) is 58.6 cm³/mol. The van der Waals surface area contributed by atoms with E-state index in [4.69, 9.17) is 5.11 Å². The van der Waals surface area contributed by atoms with Crippen LogP contribution in [0.15, 0.2) is 30.6 Å². The van der Waals surface area contributed by atoms with Gasteiger partial charge in [-0.1, -0.05) is 0 Å². The van der Waals surface area contributed by atoms with Gasteiger partial charge in [0.25, 0.3) is 0 Å². The van der Waals surface area contributed by atoms with Gasteiger partial charge in [-0.25, -0.2) is 23.5 Å². The van der Waals surface area contributed by atoms with Gasteiger partial charge in [0.2, 0.25) is 0 Å². The molecule has 18 heavy (non-hydrogen) atoms. The SMILES string of the molecule is O=C(O)c1cnc(Nc2ccc(F)c(F)c2)cn1. The molecule has 0 aliphatic rings. The summed E-state index contributed by atoms with van der Waals surface area (Å²) in [5.74, 6) is -2.91. The van der Waals surface area contributed by atoms with E-state index >= 15 is 0 Å². The molecule has 2 aromatic rings. The fourth-order valence-corrected chi connectivity index (χ4v) is 1.22. The van der Waals surface area contributed by atoms with E-state index in [9.17, 15) is 13.6 Å². The lowest BCUT2D eigenvalue weighted by Crippen LogP contribution is -2.02. The summed E-state index contributed by atoms with van der Waals surface area (Å²) in [5.41, 5.74) is 0.0807. The van der Waals surface area contributed by atoms with Crippen molar-refractivity contribution in [1.82, 2.24) is 9.97 Å². The number of hydrogen-bond acceptors (Lipinski definition) is 4. The molecule has 0 bridgehead atoms. The van der Waals surface area contributed by atoms with E-state index in [-0.39, 0.29) is 17.2 Å². The summed E-state index contributed by atoms with van der Waals surface area (Å²) in [5, 5.41) is 11.3. The van der Waals surface area contributed by atoms with Crippen molar-refractivity contribution in [3.63, 3.8) is 0 Å². The minimum Gasteiger partial charge on any atom is -0.476 e. The lowest BCUT2D eigenvalue weighted by molar-refractivity contribution is 0.0690. The molecule has 1 aromatic carbocycles. The number of benzene rings is 1. The van der Waals surface area contributed by atoms with Crippen molar-refractivity contribution < 1.29 is 18.7 Å². The molecule has 0 fully saturated rings. The van der Waals surface area contributed by atoms with Gasteiger partial charge in [0.1, 0.15) is 5.82 Å². The minimum absolute atomic E-state index is 0.203. The number of hydrogen-bond donors (Lipinski definition) is 2. The Labute approximate surface area is 100 Å². The second-order valence-corrected chi connectivity index (χ2v) is 3.35. The predicted octanol–water partition coefficient (Wildman–Crippen LogP) is 2.20. The maximum atomic E-state index is 12.9. The number of carbonyl (C=O) groups is 1. The second-order valence-electron chi connectivity index (χ2n) is 3.35. The van der Waals surface area contributed by atoms with Crippen molar-refractivity contribution in [1.29, 1.82) is 0 Å². The molecule has 2 rings (SSSR count). The van der Waals surface area contributed by atoms with Crippen LogP contribution in [0.2, 0.25) is 0 Å². The van der Waals surface area contributed by atoms with Gasteiger partial charge in [-0.2, -0.15) is 0 Å². The van der Waals surface area contributed by atoms with E-state index in [2.05, 4.69) is 15.3 Å². The average molecular weight is 251 g/mol. The Bertz CT molecular complexity index is 587. The van der Waals surface area contributed by atoms with E-state index in [0.29, 0.717) is 0 Å². The topological polar surface area (TPSA) is 75.1 Å². The molecule has 5 nitrogen and oxygen atoms in total. The summed E-state index contributed by atoms with van der Waals surface area (Å²) in [6.45, 7) is 0.